The minimum Gasteiger partial charge on any atom is -0.379 e. The lowest BCUT2D eigenvalue weighted by molar-refractivity contribution is -0.00973. The Bertz CT molecular complexity index is 271. The predicted molar refractivity (Wildman–Crippen MR) is 62.3 cm³/mol. The fraction of sp³-hybridized carbons (Fsp3) is 0.500. The molecule has 0 amide bonds. The molecule has 0 fully saturated rings. The molecule has 84 valence electrons. The molecule has 1 aromatic carbocycles. The summed E-state index contributed by atoms with van der Waals surface area (Å²) in [5, 5.41) is 0.741. The normalized spacial score (nSPS) is 12.7. The summed E-state index contributed by atoms with van der Waals surface area (Å²) in [7, 11) is 0. The molecule has 0 heterocycles. The maximum atomic E-state index is 5.83. The van der Waals surface area contributed by atoms with Crippen LogP contribution in [0.1, 0.15) is 25.5 Å². The zero-order valence-electron chi connectivity index (χ0n) is 9.20. The summed E-state index contributed by atoms with van der Waals surface area (Å²) in [5.41, 5.74) is 1.11. The van der Waals surface area contributed by atoms with Crippen LogP contribution in [-0.4, -0.2) is 19.8 Å². The maximum absolute atomic E-state index is 5.83. The van der Waals surface area contributed by atoms with Crippen LogP contribution in [0.25, 0.3) is 0 Å². The molecule has 0 aliphatic rings. The highest BCUT2D eigenvalue weighted by atomic mass is 35.5. The number of rotatable bonds is 6. The van der Waals surface area contributed by atoms with Gasteiger partial charge in [0.1, 0.15) is 6.10 Å². The molecule has 0 spiro atoms. The minimum atomic E-state index is 0.00668. The molecule has 1 unspecified atom stereocenters. The van der Waals surface area contributed by atoms with E-state index < -0.39 is 0 Å². The molecular formula is C12H17ClO2. The molecule has 0 aromatic heterocycles. The molecule has 3 heteroatoms. The first-order valence-corrected chi connectivity index (χ1v) is 5.60. The third-order valence-corrected chi connectivity index (χ3v) is 2.33. The van der Waals surface area contributed by atoms with Crippen molar-refractivity contribution in [3.8, 4) is 0 Å². The van der Waals surface area contributed by atoms with Gasteiger partial charge in [-0.25, -0.2) is 0 Å². The molecule has 15 heavy (non-hydrogen) atoms. The van der Waals surface area contributed by atoms with Crippen molar-refractivity contribution in [2.75, 3.05) is 19.8 Å². The third-order valence-electron chi connectivity index (χ3n) is 2.08. The standard InChI is InChI=1S/C12H17ClO2/c1-3-14-9-12(15-4-2)10-5-7-11(13)8-6-10/h5-8,12H,3-4,9H2,1-2H3. The van der Waals surface area contributed by atoms with Crippen molar-refractivity contribution in [2.24, 2.45) is 0 Å². The Balaban J connectivity index is 2.65. The molecular weight excluding hydrogens is 212 g/mol. The molecule has 0 aliphatic carbocycles. The van der Waals surface area contributed by atoms with Gasteiger partial charge in [-0.05, 0) is 31.5 Å². The average molecular weight is 229 g/mol. The van der Waals surface area contributed by atoms with E-state index in [2.05, 4.69) is 0 Å². The van der Waals surface area contributed by atoms with Crippen molar-refractivity contribution in [2.45, 2.75) is 20.0 Å². The number of ether oxygens (including phenoxy) is 2. The average Bonchev–Trinajstić information content (AvgIpc) is 2.25. The summed E-state index contributed by atoms with van der Waals surface area (Å²) in [6.07, 6.45) is 0.00668. The zero-order chi connectivity index (χ0) is 11.1. The lowest BCUT2D eigenvalue weighted by atomic mass is 10.1. The Labute approximate surface area is 96.2 Å². The van der Waals surface area contributed by atoms with Crippen LogP contribution in [0, 0.1) is 0 Å². The van der Waals surface area contributed by atoms with Crippen LogP contribution >= 0.6 is 11.6 Å². The third kappa shape index (κ3) is 4.20. The van der Waals surface area contributed by atoms with Crippen LogP contribution in [0.2, 0.25) is 5.02 Å². The summed E-state index contributed by atoms with van der Waals surface area (Å²) in [4.78, 5) is 0. The van der Waals surface area contributed by atoms with Gasteiger partial charge < -0.3 is 9.47 Å². The second-order valence-electron chi connectivity index (χ2n) is 3.16. The highest BCUT2D eigenvalue weighted by molar-refractivity contribution is 6.30. The number of hydrogen-bond donors (Lipinski definition) is 0. The fourth-order valence-electron chi connectivity index (χ4n) is 1.34. The van der Waals surface area contributed by atoms with Crippen molar-refractivity contribution in [1.82, 2.24) is 0 Å². The van der Waals surface area contributed by atoms with Gasteiger partial charge in [0.25, 0.3) is 0 Å². The van der Waals surface area contributed by atoms with Crippen LogP contribution in [0.4, 0.5) is 0 Å². The SMILES string of the molecule is CCOCC(OCC)c1ccc(Cl)cc1. The summed E-state index contributed by atoms with van der Waals surface area (Å²) in [6.45, 7) is 5.93. The van der Waals surface area contributed by atoms with E-state index in [1.165, 1.54) is 0 Å². The number of hydrogen-bond acceptors (Lipinski definition) is 2. The van der Waals surface area contributed by atoms with Gasteiger partial charge in [-0.15, -0.1) is 0 Å². The first kappa shape index (κ1) is 12.5. The summed E-state index contributed by atoms with van der Waals surface area (Å²) in [5.74, 6) is 0. The Morgan fingerprint density at radius 3 is 2.33 bits per heavy atom. The molecule has 1 atom stereocenters. The van der Waals surface area contributed by atoms with Gasteiger partial charge in [0.2, 0.25) is 0 Å². The van der Waals surface area contributed by atoms with Crippen LogP contribution in [0.15, 0.2) is 24.3 Å². The second-order valence-corrected chi connectivity index (χ2v) is 3.59. The lowest BCUT2D eigenvalue weighted by Gasteiger charge is -2.17. The van der Waals surface area contributed by atoms with E-state index >= 15 is 0 Å². The molecule has 0 radical (unpaired) electrons. The monoisotopic (exact) mass is 228 g/mol. The zero-order valence-corrected chi connectivity index (χ0v) is 9.96. The first-order chi connectivity index (χ1) is 7.27. The fourth-order valence-corrected chi connectivity index (χ4v) is 1.47. The largest absolute Gasteiger partial charge is 0.379 e. The van der Waals surface area contributed by atoms with E-state index in [0.29, 0.717) is 19.8 Å². The van der Waals surface area contributed by atoms with Gasteiger partial charge in [0.05, 0.1) is 6.61 Å². The first-order valence-electron chi connectivity index (χ1n) is 5.22. The molecule has 0 N–H and O–H groups in total. The van der Waals surface area contributed by atoms with E-state index in [1.54, 1.807) is 0 Å². The minimum absolute atomic E-state index is 0.00668. The summed E-state index contributed by atoms with van der Waals surface area (Å²) < 4.78 is 11.0. The van der Waals surface area contributed by atoms with Crippen LogP contribution in [0.3, 0.4) is 0 Å². The van der Waals surface area contributed by atoms with Crippen molar-refractivity contribution < 1.29 is 9.47 Å². The Hall–Kier alpha value is -0.570. The van der Waals surface area contributed by atoms with Crippen LogP contribution < -0.4 is 0 Å². The molecule has 0 aliphatic heterocycles. The van der Waals surface area contributed by atoms with Crippen molar-refractivity contribution in [1.29, 1.82) is 0 Å². The lowest BCUT2D eigenvalue weighted by Crippen LogP contribution is -2.11. The Kier molecular flexibility index (Phi) is 5.69. The summed E-state index contributed by atoms with van der Waals surface area (Å²) in [6, 6.07) is 7.69. The van der Waals surface area contributed by atoms with E-state index in [4.69, 9.17) is 21.1 Å². The highest BCUT2D eigenvalue weighted by Crippen LogP contribution is 2.20. The molecule has 0 saturated heterocycles. The molecule has 1 aromatic rings. The predicted octanol–water partition coefficient (Wildman–Crippen LogP) is 3.45. The maximum Gasteiger partial charge on any atom is 0.106 e. The van der Waals surface area contributed by atoms with E-state index in [1.807, 2.05) is 38.1 Å². The molecule has 0 bridgehead atoms. The molecule has 1 rings (SSSR count). The second kappa shape index (κ2) is 6.83. The van der Waals surface area contributed by atoms with Gasteiger partial charge >= 0.3 is 0 Å². The van der Waals surface area contributed by atoms with Gasteiger partial charge in [-0.3, -0.25) is 0 Å². The van der Waals surface area contributed by atoms with Crippen molar-refractivity contribution >= 4 is 11.6 Å². The number of benzene rings is 1. The van der Waals surface area contributed by atoms with Gasteiger partial charge in [0, 0.05) is 18.2 Å². The molecule has 2 nitrogen and oxygen atoms in total. The quantitative estimate of drug-likeness (QED) is 0.743. The van der Waals surface area contributed by atoms with Gasteiger partial charge in [0.15, 0.2) is 0 Å². The van der Waals surface area contributed by atoms with E-state index in [0.717, 1.165) is 10.6 Å². The topological polar surface area (TPSA) is 18.5 Å². The van der Waals surface area contributed by atoms with Crippen molar-refractivity contribution in [3.05, 3.63) is 34.9 Å². The highest BCUT2D eigenvalue weighted by Gasteiger charge is 2.10. The Morgan fingerprint density at radius 1 is 1.13 bits per heavy atom. The van der Waals surface area contributed by atoms with Gasteiger partial charge in [-0.1, -0.05) is 23.7 Å². The number of halogens is 1. The van der Waals surface area contributed by atoms with Crippen LogP contribution in [0.5, 0.6) is 0 Å². The van der Waals surface area contributed by atoms with Gasteiger partial charge in [-0.2, -0.15) is 0 Å². The van der Waals surface area contributed by atoms with Crippen molar-refractivity contribution in [3.63, 3.8) is 0 Å². The Morgan fingerprint density at radius 2 is 1.80 bits per heavy atom. The smallest absolute Gasteiger partial charge is 0.106 e. The summed E-state index contributed by atoms with van der Waals surface area (Å²) >= 11 is 5.83. The van der Waals surface area contributed by atoms with E-state index in [9.17, 15) is 0 Å². The molecule has 0 saturated carbocycles. The van der Waals surface area contributed by atoms with Crippen LogP contribution in [-0.2, 0) is 9.47 Å². The van der Waals surface area contributed by atoms with E-state index in [-0.39, 0.29) is 6.10 Å².